The van der Waals surface area contributed by atoms with Crippen molar-refractivity contribution in [3.05, 3.63) is 169 Å². The summed E-state index contributed by atoms with van der Waals surface area (Å²) in [5.41, 5.74) is 10.1. The smallest absolute Gasteiger partial charge is 0.494 e. The number of carboxylic acids is 1. The maximum atomic E-state index is 10.2. The van der Waals surface area contributed by atoms with Gasteiger partial charge in [-0.05, 0) is 220 Å². The number of phenols is 2. The van der Waals surface area contributed by atoms with Gasteiger partial charge in [0, 0.05) is 23.2 Å². The van der Waals surface area contributed by atoms with Crippen LogP contribution in [-0.2, 0) is 69.6 Å². The summed E-state index contributed by atoms with van der Waals surface area (Å²) in [6.07, 6.45) is 0.750. The number of aromatic carboxylic acids is 1. The molecule has 1 aliphatic rings. The Labute approximate surface area is 556 Å². The van der Waals surface area contributed by atoms with Crippen molar-refractivity contribution in [2.24, 2.45) is 0 Å². The molecule has 0 bridgehead atoms. The zero-order valence-electron chi connectivity index (χ0n) is 56.2. The molecule has 0 spiro atoms. The van der Waals surface area contributed by atoms with Gasteiger partial charge < -0.3 is 52.4 Å². The highest BCUT2D eigenvalue weighted by molar-refractivity contribution is 9.10. The molecular formula is C68H91BBr2O18Si2. The normalized spacial score (nSPS) is 12.6. The Balaban J connectivity index is 0.00000113. The fraction of sp³-hybridized carbons (Fsp3) is 0.412. The van der Waals surface area contributed by atoms with Crippen LogP contribution in [0.5, 0.6) is 23.0 Å². The van der Waals surface area contributed by atoms with Crippen LogP contribution in [0.4, 0.5) is 0 Å². The predicted octanol–water partition coefficient (Wildman–Crippen LogP) is 15.5. The number of ether oxygens (including phenoxy) is 4. The van der Waals surface area contributed by atoms with E-state index in [0.29, 0.717) is 12.4 Å². The number of halogens is 2. The van der Waals surface area contributed by atoms with Crippen LogP contribution < -0.4 is 14.9 Å². The first-order valence-electron chi connectivity index (χ1n) is 28.6. The maximum absolute atomic E-state index is 10.2. The number of phenolic OH excluding ortho intramolecular Hbond substituents is 2. The van der Waals surface area contributed by atoms with E-state index in [4.69, 9.17) is 81.2 Å². The fourth-order valence-corrected chi connectivity index (χ4v) is 9.60. The molecule has 3 N–H and O–H groups in total. The van der Waals surface area contributed by atoms with Crippen molar-refractivity contribution in [3.8, 4) is 34.1 Å². The number of aromatic hydroxyl groups is 2. The number of methoxy groups -OCH3 is 2. The van der Waals surface area contributed by atoms with Crippen LogP contribution in [0.2, 0.25) is 36.3 Å². The Bertz CT molecular complexity index is 3200. The van der Waals surface area contributed by atoms with Crippen LogP contribution >= 0.6 is 31.9 Å². The SMILES string of the molecule is COCOc1ccc(-c2cc(CO[Si](C)(C)C(C)(C)C)ccc2C)cc1C.COCOc1ccc(B2OC(C)(C)C(C)(C)O2)cc1C.Cc1ccc(CO[Si](C)(C)C(C)(C)C)cc1Br.O=C(O)c1ccc(O)cc1.O=C=O.O=C=O.O=C=O.Oc1ccc(Br)cc1. The van der Waals surface area contributed by atoms with E-state index in [9.17, 15) is 4.79 Å². The van der Waals surface area contributed by atoms with Crippen molar-refractivity contribution in [1.29, 1.82) is 0 Å². The largest absolute Gasteiger partial charge is 0.508 e. The molecule has 1 heterocycles. The number of hydrogen-bond donors (Lipinski definition) is 3. The van der Waals surface area contributed by atoms with Crippen molar-refractivity contribution in [2.75, 3.05) is 27.8 Å². The molecule has 0 atom stereocenters. The van der Waals surface area contributed by atoms with Crippen LogP contribution in [0.15, 0.2) is 130 Å². The first-order chi connectivity index (χ1) is 42.2. The molecule has 7 rings (SSSR count). The van der Waals surface area contributed by atoms with E-state index in [1.165, 1.54) is 57.6 Å². The van der Waals surface area contributed by atoms with Gasteiger partial charge in [-0.1, -0.05) is 116 Å². The molecule has 0 aromatic heterocycles. The molecule has 1 saturated heterocycles. The molecule has 0 unspecified atom stereocenters. The minimum absolute atomic E-state index is 0.0741. The van der Waals surface area contributed by atoms with E-state index in [1.807, 2.05) is 31.2 Å². The van der Waals surface area contributed by atoms with Crippen LogP contribution in [0.3, 0.4) is 0 Å². The van der Waals surface area contributed by atoms with E-state index in [0.717, 1.165) is 43.6 Å². The minimum atomic E-state index is -1.76. The molecule has 1 fully saturated rings. The maximum Gasteiger partial charge on any atom is 0.494 e. The third-order valence-electron chi connectivity index (χ3n) is 15.2. The second kappa shape index (κ2) is 40.4. The Morgan fingerprint density at radius 1 is 0.538 bits per heavy atom. The lowest BCUT2D eigenvalue weighted by Crippen LogP contribution is -2.41. The van der Waals surface area contributed by atoms with Crippen molar-refractivity contribution in [3.63, 3.8) is 0 Å². The molecule has 0 aliphatic carbocycles. The molecule has 91 heavy (non-hydrogen) atoms. The standard InChI is InChI=1S/C23H34O3Si.C15H23BO4.C14H23BrOSi.C7H6O3.C6H5BrO.3CO2/c1-17-9-10-19(15-26-27(7,8)23(3,4)5)14-21(17)20-11-12-22(18(2)13-20)25-16-24-6;1-11-9-12(7-8-13(11)18-10-17-6)16-19-14(2,3)15(4,5)20-16;1-11-7-8-12(9-13(11)15)10-16-17(5,6)14(2,3)4;8-6-3-1-5(2-4-6)7(9)10;7-5-1-3-6(8)4-2-5;3*2-1-3/h9-14H,15-16H2,1-8H3;7-9H,10H2,1-6H3;7-9H,10H2,1-6H3;1-4,8H,(H,9,10);1-4,8H;;;. The number of aryl methyl sites for hydroxylation is 4. The summed E-state index contributed by atoms with van der Waals surface area (Å²) in [4.78, 5) is 59.0. The molecule has 6 aromatic rings. The van der Waals surface area contributed by atoms with E-state index in [2.05, 4.69) is 197 Å². The van der Waals surface area contributed by atoms with Gasteiger partial charge in [-0.15, -0.1) is 0 Å². The predicted molar refractivity (Wildman–Crippen MR) is 362 cm³/mol. The van der Waals surface area contributed by atoms with E-state index < -0.39 is 22.6 Å². The van der Waals surface area contributed by atoms with Gasteiger partial charge >= 0.3 is 31.5 Å². The average Bonchev–Trinajstić information content (AvgIpc) is 1.65. The summed E-state index contributed by atoms with van der Waals surface area (Å²) in [5.74, 6) is 1.06. The number of carbonyl (C=O) groups is 1. The number of hydrogen-bond acceptors (Lipinski definition) is 17. The van der Waals surface area contributed by atoms with Gasteiger partial charge in [0.2, 0.25) is 0 Å². The van der Waals surface area contributed by atoms with Crippen LogP contribution in [0.1, 0.15) is 113 Å². The van der Waals surface area contributed by atoms with Gasteiger partial charge in [-0.2, -0.15) is 28.8 Å². The second-order valence-electron chi connectivity index (χ2n) is 24.6. The molecule has 23 heteroatoms. The lowest BCUT2D eigenvalue weighted by molar-refractivity contribution is -0.193. The molecule has 0 amide bonds. The van der Waals surface area contributed by atoms with Gasteiger partial charge in [0.15, 0.2) is 30.2 Å². The minimum Gasteiger partial charge on any atom is -0.508 e. The average molecular weight is 1420 g/mol. The van der Waals surface area contributed by atoms with Gasteiger partial charge in [0.05, 0.1) is 30.0 Å². The van der Waals surface area contributed by atoms with Gasteiger partial charge in [0.25, 0.3) is 0 Å². The Morgan fingerprint density at radius 3 is 1.29 bits per heavy atom. The highest BCUT2D eigenvalue weighted by Crippen LogP contribution is 2.40. The van der Waals surface area contributed by atoms with Gasteiger partial charge in [-0.25, -0.2) is 4.79 Å². The number of benzene rings is 6. The lowest BCUT2D eigenvalue weighted by Gasteiger charge is -2.36. The Hall–Kier alpha value is -6.65. The van der Waals surface area contributed by atoms with Crippen molar-refractivity contribution in [2.45, 2.75) is 158 Å². The third kappa shape index (κ3) is 30.6. The molecule has 6 aromatic carbocycles. The Kier molecular flexibility index (Phi) is 37.4. The monoisotopic (exact) mass is 1420 g/mol. The summed E-state index contributed by atoms with van der Waals surface area (Å²) in [6.45, 7) is 41.2. The summed E-state index contributed by atoms with van der Waals surface area (Å²) in [5, 5.41) is 26.4. The number of rotatable bonds is 15. The summed E-state index contributed by atoms with van der Waals surface area (Å²) < 4.78 is 47.8. The number of carbonyl (C=O) groups excluding carboxylic acids is 6. The molecule has 0 radical (unpaired) electrons. The van der Waals surface area contributed by atoms with Crippen molar-refractivity contribution < 1.29 is 86.0 Å². The summed E-state index contributed by atoms with van der Waals surface area (Å²) in [6, 6.07) is 37.5. The number of carboxylic acid groups (broad SMARTS) is 1. The first-order valence-corrected chi connectivity index (χ1v) is 36.0. The van der Waals surface area contributed by atoms with E-state index in [-0.39, 0.29) is 71.8 Å². The van der Waals surface area contributed by atoms with Crippen molar-refractivity contribution in [1.82, 2.24) is 0 Å². The quantitative estimate of drug-likeness (QED) is 0.0638. The first kappa shape index (κ1) is 84.3. The van der Waals surface area contributed by atoms with Crippen molar-refractivity contribution >= 4 is 85.5 Å². The molecule has 1 aliphatic heterocycles. The van der Waals surface area contributed by atoms with Crippen LogP contribution in [-0.4, -0.2) is 103 Å². The highest BCUT2D eigenvalue weighted by atomic mass is 79.9. The molecule has 496 valence electrons. The summed E-state index contributed by atoms with van der Waals surface area (Å²) >= 11 is 6.80. The lowest BCUT2D eigenvalue weighted by atomic mass is 9.78. The van der Waals surface area contributed by atoms with Crippen LogP contribution in [0, 0.1) is 27.7 Å². The fourth-order valence-electron chi connectivity index (χ4n) is 6.99. The van der Waals surface area contributed by atoms with Gasteiger partial charge in [-0.3, -0.25) is 0 Å². The van der Waals surface area contributed by atoms with E-state index >= 15 is 0 Å². The van der Waals surface area contributed by atoms with Gasteiger partial charge in [0.1, 0.15) is 23.0 Å². The third-order valence-corrected chi connectivity index (χ3v) is 25.5. The molecule has 18 nitrogen and oxygen atoms in total. The zero-order valence-corrected chi connectivity index (χ0v) is 61.3. The van der Waals surface area contributed by atoms with E-state index in [1.54, 1.807) is 38.5 Å². The molecule has 0 saturated carbocycles. The molecular weight excluding hydrogens is 1330 g/mol. The van der Waals surface area contributed by atoms with Crippen LogP contribution in [0.25, 0.3) is 11.1 Å². The zero-order chi connectivity index (χ0) is 70.1. The summed E-state index contributed by atoms with van der Waals surface area (Å²) in [7, 11) is -0.493. The highest BCUT2D eigenvalue weighted by Gasteiger charge is 2.51. The Morgan fingerprint density at radius 2 is 0.923 bits per heavy atom. The second-order valence-corrected chi connectivity index (χ2v) is 36.0. The topological polar surface area (TPSA) is 254 Å².